The number of carbonyl (C=O) groups excluding carboxylic acids is 1. The first kappa shape index (κ1) is 19.0. The van der Waals surface area contributed by atoms with E-state index in [0.29, 0.717) is 5.69 Å². The van der Waals surface area contributed by atoms with Gasteiger partial charge >= 0.3 is 6.18 Å². The number of anilines is 2. The second-order valence-corrected chi connectivity index (χ2v) is 6.19. The fourth-order valence-electron chi connectivity index (χ4n) is 2.92. The summed E-state index contributed by atoms with van der Waals surface area (Å²) in [4.78, 5) is 14.1. The average molecular weight is 382 g/mol. The summed E-state index contributed by atoms with van der Waals surface area (Å²) in [5, 5.41) is 2.50. The first-order valence-electron chi connectivity index (χ1n) is 8.48. The zero-order chi connectivity index (χ0) is 19.4. The Kier molecular flexibility index (Phi) is 5.53. The molecule has 1 aliphatic rings. The van der Waals surface area contributed by atoms with Crippen molar-refractivity contribution in [3.8, 4) is 5.75 Å². The Labute approximate surface area is 153 Å². The number of rotatable bonds is 5. The van der Waals surface area contributed by atoms with Crippen molar-refractivity contribution >= 4 is 17.3 Å². The summed E-state index contributed by atoms with van der Waals surface area (Å²) in [6, 6.07) is 8.58. The van der Waals surface area contributed by atoms with Gasteiger partial charge in [-0.15, -0.1) is 0 Å². The fraction of sp³-hybridized carbons (Fsp3) is 0.316. The van der Waals surface area contributed by atoms with Gasteiger partial charge in [0.05, 0.1) is 11.3 Å². The molecule has 1 saturated heterocycles. The van der Waals surface area contributed by atoms with E-state index in [-0.39, 0.29) is 11.4 Å². The van der Waals surface area contributed by atoms with Crippen molar-refractivity contribution < 1.29 is 27.1 Å². The fourth-order valence-corrected chi connectivity index (χ4v) is 2.92. The highest BCUT2D eigenvalue weighted by atomic mass is 19.4. The molecule has 8 heteroatoms. The summed E-state index contributed by atoms with van der Waals surface area (Å²) < 4.78 is 57.0. The highest BCUT2D eigenvalue weighted by Crippen LogP contribution is 2.32. The Balaban J connectivity index is 1.63. The number of alkyl halides is 3. The molecule has 0 bridgehead atoms. The molecule has 27 heavy (non-hydrogen) atoms. The predicted octanol–water partition coefficient (Wildman–Crippen LogP) is 4.46. The van der Waals surface area contributed by atoms with Crippen LogP contribution in [0.25, 0.3) is 0 Å². The van der Waals surface area contributed by atoms with E-state index < -0.39 is 30.1 Å². The van der Waals surface area contributed by atoms with E-state index in [2.05, 4.69) is 5.32 Å². The maximum Gasteiger partial charge on any atom is 0.416 e. The van der Waals surface area contributed by atoms with Crippen LogP contribution < -0.4 is 15.0 Å². The van der Waals surface area contributed by atoms with Crippen LogP contribution in [0.2, 0.25) is 0 Å². The smallest absolute Gasteiger partial charge is 0.416 e. The minimum Gasteiger partial charge on any atom is -0.484 e. The average Bonchev–Trinajstić information content (AvgIpc) is 3.16. The van der Waals surface area contributed by atoms with Crippen molar-refractivity contribution in [3.63, 3.8) is 0 Å². The number of amides is 1. The molecular weight excluding hydrogens is 364 g/mol. The standard InChI is InChI=1S/C19H18F4N2O2/c20-15-4-3-5-16(25-10-1-2-11-25)18(15)24-17(26)12-27-14-8-6-13(7-9-14)19(21,22)23/h3-9H,1-2,10-12H2,(H,24,26). The van der Waals surface area contributed by atoms with Crippen LogP contribution in [0, 0.1) is 5.82 Å². The van der Waals surface area contributed by atoms with Crippen LogP contribution in [0.5, 0.6) is 5.75 Å². The third-order valence-corrected chi connectivity index (χ3v) is 4.25. The van der Waals surface area contributed by atoms with Gasteiger partial charge in [-0.05, 0) is 49.2 Å². The summed E-state index contributed by atoms with van der Waals surface area (Å²) in [5.74, 6) is -1.03. The van der Waals surface area contributed by atoms with Gasteiger partial charge in [0.15, 0.2) is 6.61 Å². The molecule has 0 aliphatic carbocycles. The highest BCUT2D eigenvalue weighted by molar-refractivity contribution is 5.95. The van der Waals surface area contributed by atoms with E-state index >= 15 is 0 Å². The Morgan fingerprint density at radius 3 is 2.37 bits per heavy atom. The van der Waals surface area contributed by atoms with Crippen LogP contribution in [-0.2, 0) is 11.0 Å². The van der Waals surface area contributed by atoms with Crippen LogP contribution in [0.1, 0.15) is 18.4 Å². The van der Waals surface area contributed by atoms with Crippen LogP contribution in [0.3, 0.4) is 0 Å². The molecule has 1 N–H and O–H groups in total. The van der Waals surface area contributed by atoms with Crippen molar-refractivity contribution in [1.82, 2.24) is 0 Å². The van der Waals surface area contributed by atoms with Crippen LogP contribution in [0.15, 0.2) is 42.5 Å². The van der Waals surface area contributed by atoms with Crippen molar-refractivity contribution in [3.05, 3.63) is 53.8 Å². The Morgan fingerprint density at radius 2 is 1.74 bits per heavy atom. The molecule has 0 atom stereocenters. The second kappa shape index (κ2) is 7.85. The normalized spacial score (nSPS) is 14.3. The molecule has 2 aromatic carbocycles. The number of halogens is 4. The number of nitrogens with one attached hydrogen (secondary N) is 1. The molecule has 0 unspecified atom stereocenters. The number of hydrogen-bond donors (Lipinski definition) is 1. The van der Waals surface area contributed by atoms with Crippen molar-refractivity contribution in [2.45, 2.75) is 19.0 Å². The molecule has 4 nitrogen and oxygen atoms in total. The molecule has 0 aromatic heterocycles. The first-order chi connectivity index (χ1) is 12.8. The number of carbonyl (C=O) groups is 1. The van der Waals surface area contributed by atoms with Crippen LogP contribution >= 0.6 is 0 Å². The highest BCUT2D eigenvalue weighted by Gasteiger charge is 2.30. The Morgan fingerprint density at radius 1 is 1.07 bits per heavy atom. The largest absolute Gasteiger partial charge is 0.484 e. The second-order valence-electron chi connectivity index (χ2n) is 6.19. The third kappa shape index (κ3) is 4.69. The van der Waals surface area contributed by atoms with Crippen LogP contribution in [0.4, 0.5) is 28.9 Å². The topological polar surface area (TPSA) is 41.6 Å². The van der Waals surface area contributed by atoms with E-state index in [9.17, 15) is 22.4 Å². The molecule has 0 spiro atoms. The molecule has 1 aliphatic heterocycles. The molecular formula is C19H18F4N2O2. The van der Waals surface area contributed by atoms with E-state index in [1.807, 2.05) is 4.90 Å². The van der Waals surface area contributed by atoms with E-state index in [4.69, 9.17) is 4.74 Å². The third-order valence-electron chi connectivity index (χ3n) is 4.25. The molecule has 0 radical (unpaired) electrons. The lowest BCUT2D eigenvalue weighted by Crippen LogP contribution is -2.24. The summed E-state index contributed by atoms with van der Waals surface area (Å²) >= 11 is 0. The van der Waals surface area contributed by atoms with Gasteiger partial charge in [-0.3, -0.25) is 4.79 Å². The van der Waals surface area contributed by atoms with Crippen molar-refractivity contribution in [1.29, 1.82) is 0 Å². The van der Waals surface area contributed by atoms with Gasteiger partial charge < -0.3 is 15.0 Å². The maximum atomic E-state index is 14.2. The summed E-state index contributed by atoms with van der Waals surface area (Å²) in [6.45, 7) is 1.13. The molecule has 1 fully saturated rings. The van der Waals surface area contributed by atoms with Crippen LogP contribution in [-0.4, -0.2) is 25.6 Å². The Hall–Kier alpha value is -2.77. The lowest BCUT2D eigenvalue weighted by molar-refractivity contribution is -0.137. The molecule has 1 amide bonds. The van der Waals surface area contributed by atoms with Gasteiger partial charge in [-0.1, -0.05) is 6.07 Å². The van der Waals surface area contributed by atoms with Gasteiger partial charge in [-0.25, -0.2) is 4.39 Å². The number of hydrogen-bond acceptors (Lipinski definition) is 3. The van der Waals surface area contributed by atoms with Gasteiger partial charge in [0.2, 0.25) is 0 Å². The number of nitrogens with zero attached hydrogens (tertiary/aromatic N) is 1. The summed E-state index contributed by atoms with van der Waals surface area (Å²) in [5.41, 5.74) is -0.114. The molecule has 3 rings (SSSR count). The number of para-hydroxylation sites is 1. The molecule has 0 saturated carbocycles. The van der Waals surface area contributed by atoms with Gasteiger partial charge in [0.25, 0.3) is 5.91 Å². The summed E-state index contributed by atoms with van der Waals surface area (Å²) in [6.07, 6.45) is -2.44. The number of ether oxygens (including phenoxy) is 1. The van der Waals surface area contributed by atoms with E-state index in [1.165, 1.54) is 6.07 Å². The molecule has 1 heterocycles. The summed E-state index contributed by atoms with van der Waals surface area (Å²) in [7, 11) is 0. The monoisotopic (exact) mass is 382 g/mol. The van der Waals surface area contributed by atoms with E-state index in [1.54, 1.807) is 12.1 Å². The lowest BCUT2D eigenvalue weighted by atomic mass is 10.2. The number of benzene rings is 2. The Bertz CT molecular complexity index is 800. The van der Waals surface area contributed by atoms with Gasteiger partial charge in [0.1, 0.15) is 17.3 Å². The predicted molar refractivity (Wildman–Crippen MR) is 93.4 cm³/mol. The molecule has 144 valence electrons. The first-order valence-corrected chi connectivity index (χ1v) is 8.48. The van der Waals surface area contributed by atoms with Gasteiger partial charge in [0, 0.05) is 13.1 Å². The van der Waals surface area contributed by atoms with Crippen molar-refractivity contribution in [2.24, 2.45) is 0 Å². The van der Waals surface area contributed by atoms with E-state index in [0.717, 1.165) is 50.2 Å². The zero-order valence-electron chi connectivity index (χ0n) is 14.4. The quantitative estimate of drug-likeness (QED) is 0.777. The van der Waals surface area contributed by atoms with Crippen molar-refractivity contribution in [2.75, 3.05) is 29.9 Å². The minimum atomic E-state index is -4.44. The lowest BCUT2D eigenvalue weighted by Gasteiger charge is -2.22. The maximum absolute atomic E-state index is 14.2. The zero-order valence-corrected chi connectivity index (χ0v) is 14.4. The molecule has 2 aromatic rings. The van der Waals surface area contributed by atoms with Gasteiger partial charge in [-0.2, -0.15) is 13.2 Å². The SMILES string of the molecule is O=C(COc1ccc(C(F)(F)F)cc1)Nc1c(F)cccc1N1CCCC1. The minimum absolute atomic E-state index is 0.0837.